The molecule has 3 aromatic rings. The molecule has 8 heteroatoms. The molecule has 0 unspecified atom stereocenters. The molecule has 0 aliphatic carbocycles. The van der Waals surface area contributed by atoms with Crippen molar-refractivity contribution in [3.8, 4) is 28.8 Å². The van der Waals surface area contributed by atoms with Gasteiger partial charge >= 0.3 is 0 Å². The third-order valence-electron chi connectivity index (χ3n) is 3.82. The number of anilines is 1. The van der Waals surface area contributed by atoms with Crippen LogP contribution >= 0.6 is 34.5 Å². The number of benzene rings is 2. The summed E-state index contributed by atoms with van der Waals surface area (Å²) in [4.78, 5) is 4.53. The molecule has 0 atom stereocenters. The highest BCUT2D eigenvalue weighted by atomic mass is 35.5. The molecule has 2 aromatic carbocycles. The molecule has 1 aliphatic rings. The monoisotopic (exact) mass is 415 g/mol. The predicted molar refractivity (Wildman–Crippen MR) is 107 cm³/mol. The number of hydrogen-bond acceptors (Lipinski definition) is 6. The molecule has 27 heavy (non-hydrogen) atoms. The highest BCUT2D eigenvalue weighted by molar-refractivity contribution is 7.11. The van der Waals surface area contributed by atoms with E-state index >= 15 is 0 Å². The lowest BCUT2D eigenvalue weighted by Crippen LogP contribution is -1.93. The number of nitrogens with zero attached hydrogens (tertiary/aromatic N) is 2. The predicted octanol–water partition coefficient (Wildman–Crippen LogP) is 5.82. The van der Waals surface area contributed by atoms with Gasteiger partial charge in [0.25, 0.3) is 0 Å². The zero-order chi connectivity index (χ0) is 18.8. The first-order valence-electron chi connectivity index (χ1n) is 7.82. The van der Waals surface area contributed by atoms with Gasteiger partial charge in [0.2, 0.25) is 6.79 Å². The van der Waals surface area contributed by atoms with Crippen LogP contribution in [0.5, 0.6) is 11.5 Å². The van der Waals surface area contributed by atoms with Crippen LogP contribution in [-0.4, -0.2) is 11.8 Å². The van der Waals surface area contributed by atoms with Gasteiger partial charge in [-0.2, -0.15) is 5.26 Å². The van der Waals surface area contributed by atoms with E-state index in [1.165, 1.54) is 11.3 Å². The maximum absolute atomic E-state index is 9.50. The third kappa shape index (κ3) is 3.71. The molecule has 0 bridgehead atoms. The van der Waals surface area contributed by atoms with Crippen LogP contribution in [0.3, 0.4) is 0 Å². The summed E-state index contributed by atoms with van der Waals surface area (Å²) in [5, 5.41) is 16.1. The Kier molecular flexibility index (Phi) is 4.90. The molecule has 0 saturated heterocycles. The Morgan fingerprint density at radius 2 is 2.04 bits per heavy atom. The zero-order valence-corrected chi connectivity index (χ0v) is 16.0. The molecule has 2 heterocycles. The van der Waals surface area contributed by atoms with Crippen LogP contribution in [0.4, 0.5) is 5.69 Å². The van der Waals surface area contributed by atoms with Crippen LogP contribution in [0.1, 0.15) is 5.01 Å². The Bertz CT molecular complexity index is 1090. The van der Waals surface area contributed by atoms with Crippen LogP contribution in [-0.2, 0) is 0 Å². The number of rotatable bonds is 4. The van der Waals surface area contributed by atoms with Crippen LogP contribution in [0.2, 0.25) is 10.0 Å². The highest BCUT2D eigenvalue weighted by Gasteiger charge is 2.14. The number of nitrogens with one attached hydrogen (secondary N) is 1. The van der Waals surface area contributed by atoms with Gasteiger partial charge < -0.3 is 14.8 Å². The Morgan fingerprint density at radius 3 is 2.85 bits per heavy atom. The lowest BCUT2D eigenvalue weighted by atomic mass is 10.2. The van der Waals surface area contributed by atoms with Gasteiger partial charge in [0, 0.05) is 33.9 Å². The van der Waals surface area contributed by atoms with Gasteiger partial charge in [-0.25, -0.2) is 4.98 Å². The summed E-state index contributed by atoms with van der Waals surface area (Å²) in [6.07, 6.45) is 1.61. The molecule has 0 radical (unpaired) electrons. The van der Waals surface area contributed by atoms with Crippen molar-refractivity contribution in [2.45, 2.75) is 0 Å². The molecule has 0 fully saturated rings. The van der Waals surface area contributed by atoms with Gasteiger partial charge in [0.1, 0.15) is 16.6 Å². The summed E-state index contributed by atoms with van der Waals surface area (Å²) >= 11 is 13.5. The molecular weight excluding hydrogens is 405 g/mol. The second-order valence-corrected chi connectivity index (χ2v) is 7.25. The van der Waals surface area contributed by atoms with Gasteiger partial charge in [0.05, 0.1) is 10.7 Å². The van der Waals surface area contributed by atoms with Crippen LogP contribution in [0, 0.1) is 11.3 Å². The Labute approximate surface area is 169 Å². The van der Waals surface area contributed by atoms with Gasteiger partial charge in [0.15, 0.2) is 11.5 Å². The van der Waals surface area contributed by atoms with Crippen molar-refractivity contribution in [2.24, 2.45) is 0 Å². The van der Waals surface area contributed by atoms with E-state index in [2.05, 4.69) is 16.4 Å². The number of halogens is 2. The fourth-order valence-corrected chi connectivity index (χ4v) is 3.79. The number of allylic oxidation sites excluding steroid dienone is 1. The number of nitriles is 1. The number of aromatic nitrogens is 1. The lowest BCUT2D eigenvalue weighted by molar-refractivity contribution is 0.174. The smallest absolute Gasteiger partial charge is 0.231 e. The van der Waals surface area contributed by atoms with Crippen molar-refractivity contribution in [1.82, 2.24) is 4.98 Å². The molecule has 4 rings (SSSR count). The van der Waals surface area contributed by atoms with E-state index in [-0.39, 0.29) is 6.79 Å². The van der Waals surface area contributed by atoms with Crippen LogP contribution in [0.15, 0.2) is 48.0 Å². The maximum atomic E-state index is 9.50. The summed E-state index contributed by atoms with van der Waals surface area (Å²) in [5.74, 6) is 1.37. The average Bonchev–Trinajstić information content (AvgIpc) is 3.31. The molecule has 0 spiro atoms. The molecule has 0 amide bonds. The lowest BCUT2D eigenvalue weighted by Gasteiger charge is -2.03. The van der Waals surface area contributed by atoms with Crippen LogP contribution in [0.25, 0.3) is 16.8 Å². The van der Waals surface area contributed by atoms with Crippen molar-refractivity contribution in [1.29, 1.82) is 5.26 Å². The van der Waals surface area contributed by atoms with Gasteiger partial charge in [-0.3, -0.25) is 0 Å². The second kappa shape index (κ2) is 7.49. The second-order valence-electron chi connectivity index (χ2n) is 5.54. The Hall–Kier alpha value is -2.72. The summed E-state index contributed by atoms with van der Waals surface area (Å²) in [6.45, 7) is 0.215. The first-order valence-corrected chi connectivity index (χ1v) is 9.45. The van der Waals surface area contributed by atoms with E-state index in [1.54, 1.807) is 18.3 Å². The van der Waals surface area contributed by atoms with Gasteiger partial charge in [-0.05, 0) is 30.3 Å². The normalized spacial score (nSPS) is 12.7. The van der Waals surface area contributed by atoms with Crippen molar-refractivity contribution in [3.63, 3.8) is 0 Å². The fourth-order valence-electron chi connectivity index (χ4n) is 2.50. The molecule has 5 nitrogen and oxygen atoms in total. The number of hydrogen-bond donors (Lipinski definition) is 1. The minimum Gasteiger partial charge on any atom is -0.454 e. The van der Waals surface area contributed by atoms with Crippen molar-refractivity contribution in [2.75, 3.05) is 12.1 Å². The SMILES string of the molecule is N#C/C(=C\Nc1ccc2c(c1)OCO2)c1nc(-c2ccc(Cl)cc2Cl)cs1. The zero-order valence-electron chi connectivity index (χ0n) is 13.7. The summed E-state index contributed by atoms with van der Waals surface area (Å²) < 4.78 is 10.6. The van der Waals surface area contributed by atoms with E-state index in [0.29, 0.717) is 37.8 Å². The van der Waals surface area contributed by atoms with Crippen LogP contribution < -0.4 is 14.8 Å². The number of fused-ring (bicyclic) bond motifs is 1. The highest BCUT2D eigenvalue weighted by Crippen LogP contribution is 2.35. The molecule has 0 saturated carbocycles. The summed E-state index contributed by atoms with van der Waals surface area (Å²) in [7, 11) is 0. The Balaban J connectivity index is 1.57. The van der Waals surface area contributed by atoms with Gasteiger partial charge in [-0.15, -0.1) is 11.3 Å². The Morgan fingerprint density at radius 1 is 1.19 bits per heavy atom. The van der Waals surface area contributed by atoms with E-state index in [0.717, 1.165) is 11.3 Å². The minimum absolute atomic E-state index is 0.215. The van der Waals surface area contributed by atoms with E-state index in [9.17, 15) is 5.26 Å². The van der Waals surface area contributed by atoms with Gasteiger partial charge in [-0.1, -0.05) is 23.2 Å². The standard InChI is InChI=1S/C19H11Cl2N3O2S/c20-12-1-3-14(15(21)5-12)16-9-27-19(24-16)11(7-22)8-23-13-2-4-17-18(6-13)26-10-25-17/h1-6,8-9,23H,10H2/b11-8+. The third-order valence-corrected chi connectivity index (χ3v) is 5.24. The van der Waals surface area contributed by atoms with Crippen molar-refractivity contribution < 1.29 is 9.47 Å². The molecule has 1 aromatic heterocycles. The van der Waals surface area contributed by atoms with E-state index in [4.69, 9.17) is 32.7 Å². The van der Waals surface area contributed by atoms with E-state index < -0.39 is 0 Å². The molecular formula is C19H11Cl2N3O2S. The molecule has 134 valence electrons. The number of ether oxygens (including phenoxy) is 2. The maximum Gasteiger partial charge on any atom is 0.231 e. The summed E-state index contributed by atoms with van der Waals surface area (Å²) in [6, 6.07) is 12.9. The van der Waals surface area contributed by atoms with Crippen molar-refractivity contribution >= 4 is 45.8 Å². The first-order chi connectivity index (χ1) is 13.1. The fraction of sp³-hybridized carbons (Fsp3) is 0.0526. The summed E-state index contributed by atoms with van der Waals surface area (Å²) in [5.41, 5.74) is 2.66. The molecule has 1 N–H and O–H groups in total. The molecule has 1 aliphatic heterocycles. The quantitative estimate of drug-likeness (QED) is 0.543. The van der Waals surface area contributed by atoms with E-state index in [1.807, 2.05) is 29.6 Å². The number of thiazole rings is 1. The first kappa shape index (κ1) is 17.7. The minimum atomic E-state index is 0.215. The average molecular weight is 416 g/mol. The van der Waals surface area contributed by atoms with Crippen molar-refractivity contribution in [3.05, 3.63) is 63.0 Å². The topological polar surface area (TPSA) is 67.2 Å². The largest absolute Gasteiger partial charge is 0.454 e.